The average molecular weight is 635 g/mol. The van der Waals surface area contributed by atoms with Crippen LogP contribution >= 0.6 is 27.7 Å². The number of nitrogens with zero attached hydrogens (tertiary/aromatic N) is 3. The summed E-state index contributed by atoms with van der Waals surface area (Å²) < 4.78 is 4.63. The van der Waals surface area contributed by atoms with Gasteiger partial charge in [-0.25, -0.2) is 0 Å². The highest BCUT2D eigenvalue weighted by molar-refractivity contribution is 9.09. The lowest BCUT2D eigenvalue weighted by atomic mass is 9.71. The molecule has 3 unspecified atom stereocenters. The summed E-state index contributed by atoms with van der Waals surface area (Å²) in [6, 6.07) is 6.46. The predicted molar refractivity (Wildman–Crippen MR) is 164 cm³/mol. The monoisotopic (exact) mass is 633 g/mol. The number of benzene rings is 1. The van der Waals surface area contributed by atoms with Crippen molar-refractivity contribution in [3.8, 4) is 0 Å². The fourth-order valence-corrected chi connectivity index (χ4v) is 10.3. The van der Waals surface area contributed by atoms with Crippen LogP contribution in [-0.2, 0) is 19.1 Å². The molecule has 3 aliphatic heterocycles. The number of fused-ring (bicyclic) bond motifs is 1. The highest BCUT2D eigenvalue weighted by Crippen LogP contribution is 2.68. The Bertz CT molecular complexity index is 1120. The number of carbonyl (C=O) groups is 3. The van der Waals surface area contributed by atoms with Gasteiger partial charge in [0.25, 0.3) is 5.91 Å². The van der Waals surface area contributed by atoms with Crippen LogP contribution in [0.1, 0.15) is 33.6 Å². The number of likely N-dealkylation sites (tertiary alicyclic amines) is 1. The molecule has 0 aromatic heterocycles. The molecule has 1 aromatic rings. The van der Waals surface area contributed by atoms with Crippen LogP contribution in [0.5, 0.6) is 0 Å². The summed E-state index contributed by atoms with van der Waals surface area (Å²) in [6.07, 6.45) is 4.22. The highest BCUT2D eigenvalue weighted by Gasteiger charge is 2.76. The molecule has 0 radical (unpaired) electrons. The minimum Gasteiger partial charge on any atom is -0.461 e. The Balaban J connectivity index is 1.78. The van der Waals surface area contributed by atoms with Crippen LogP contribution in [0.4, 0.5) is 11.4 Å². The number of aliphatic hydroxyl groups is 1. The molecule has 3 heterocycles. The third-order valence-corrected chi connectivity index (χ3v) is 11.7. The van der Waals surface area contributed by atoms with Crippen molar-refractivity contribution in [1.29, 1.82) is 0 Å². The van der Waals surface area contributed by atoms with Gasteiger partial charge in [-0.1, -0.05) is 41.6 Å². The first-order chi connectivity index (χ1) is 19.2. The lowest BCUT2D eigenvalue weighted by Crippen LogP contribution is -2.58. The summed E-state index contributed by atoms with van der Waals surface area (Å²) in [6.45, 7) is 15.4. The quantitative estimate of drug-likeness (QED) is 0.199. The van der Waals surface area contributed by atoms with Crippen molar-refractivity contribution in [3.63, 3.8) is 0 Å². The van der Waals surface area contributed by atoms with E-state index in [0.29, 0.717) is 18.5 Å². The van der Waals surface area contributed by atoms with E-state index in [0.717, 1.165) is 18.8 Å². The minimum absolute atomic E-state index is 0.0600. The van der Waals surface area contributed by atoms with Gasteiger partial charge in [0.1, 0.15) is 12.6 Å². The number of esters is 1. The molecule has 40 heavy (non-hydrogen) atoms. The molecule has 3 aliphatic rings. The standard InChI is InChI=1S/C30H40BrN3O5S/c1-6-15-33(21-13-11-20(12-14-21)32(9-4)10-5)28(37)26-30-17-22(31)25(40-30)23(29(38)39-16-7-2)24(30)27(36)34(26)19(8-3)18-35/h6-7,11-14,19,22-26,35H,1-2,8-10,15-18H2,3-5H3/t19-,22?,23+,24-,25+,26?,30?/m0/s1. The van der Waals surface area contributed by atoms with E-state index in [4.69, 9.17) is 4.74 Å². The van der Waals surface area contributed by atoms with E-state index in [1.807, 2.05) is 31.2 Å². The Kier molecular flexibility index (Phi) is 9.73. The fraction of sp³-hybridized carbons (Fsp3) is 0.567. The Labute approximate surface area is 249 Å². The molecule has 0 aliphatic carbocycles. The summed E-state index contributed by atoms with van der Waals surface area (Å²) in [7, 11) is 0. The van der Waals surface area contributed by atoms with E-state index >= 15 is 0 Å². The smallest absolute Gasteiger partial charge is 0.311 e. The van der Waals surface area contributed by atoms with Crippen LogP contribution < -0.4 is 9.80 Å². The summed E-state index contributed by atoms with van der Waals surface area (Å²) in [4.78, 5) is 47.6. The van der Waals surface area contributed by atoms with Gasteiger partial charge in [0.15, 0.2) is 0 Å². The van der Waals surface area contributed by atoms with Crippen molar-refractivity contribution in [2.45, 2.75) is 60.5 Å². The van der Waals surface area contributed by atoms with Crippen molar-refractivity contribution >= 4 is 56.9 Å². The predicted octanol–water partition coefficient (Wildman–Crippen LogP) is 4.02. The van der Waals surface area contributed by atoms with Crippen LogP contribution in [0.3, 0.4) is 0 Å². The first-order valence-corrected chi connectivity index (χ1v) is 15.8. The van der Waals surface area contributed by atoms with E-state index < -0.39 is 34.6 Å². The van der Waals surface area contributed by atoms with Crippen LogP contribution in [-0.4, -0.2) is 87.5 Å². The Hall–Kier alpha value is -2.30. The van der Waals surface area contributed by atoms with Crippen molar-refractivity contribution in [1.82, 2.24) is 4.90 Å². The number of ether oxygens (including phenoxy) is 1. The molecule has 8 nitrogen and oxygen atoms in total. The van der Waals surface area contributed by atoms with Gasteiger partial charge in [-0.05, 0) is 51.0 Å². The summed E-state index contributed by atoms with van der Waals surface area (Å²) in [5.74, 6) is -2.33. The van der Waals surface area contributed by atoms with Crippen molar-refractivity contribution in [2.24, 2.45) is 11.8 Å². The zero-order valence-corrected chi connectivity index (χ0v) is 25.9. The number of hydrogen-bond acceptors (Lipinski definition) is 7. The lowest BCUT2D eigenvalue weighted by Gasteiger charge is -2.39. The number of thioether (sulfide) groups is 1. The maximum Gasteiger partial charge on any atom is 0.311 e. The number of rotatable bonds is 13. The molecule has 218 valence electrons. The van der Waals surface area contributed by atoms with Gasteiger partial charge < -0.3 is 24.5 Å². The largest absolute Gasteiger partial charge is 0.461 e. The van der Waals surface area contributed by atoms with Crippen molar-refractivity contribution in [2.75, 3.05) is 42.6 Å². The summed E-state index contributed by atoms with van der Waals surface area (Å²) in [5.41, 5.74) is 1.77. The molecule has 2 amide bonds. The first-order valence-electron chi connectivity index (χ1n) is 14.0. The molecule has 10 heteroatoms. The molecular weight excluding hydrogens is 594 g/mol. The number of aliphatic hydroxyl groups excluding tert-OH is 1. The second-order valence-corrected chi connectivity index (χ2v) is 13.2. The van der Waals surface area contributed by atoms with Crippen LogP contribution in [0, 0.1) is 11.8 Å². The normalized spacial score (nSPS) is 29.2. The highest BCUT2D eigenvalue weighted by atomic mass is 79.9. The average Bonchev–Trinajstić information content (AvgIpc) is 3.55. The molecule has 3 fully saturated rings. The van der Waals surface area contributed by atoms with Crippen LogP contribution in [0.25, 0.3) is 0 Å². The van der Waals surface area contributed by atoms with Crippen LogP contribution in [0.2, 0.25) is 0 Å². The molecule has 1 aromatic carbocycles. The second kappa shape index (κ2) is 12.7. The van der Waals surface area contributed by atoms with Gasteiger partial charge in [0.05, 0.1) is 29.2 Å². The molecule has 1 N–H and O–H groups in total. The molecule has 1 spiro atoms. The molecule has 4 rings (SSSR count). The third-order valence-electron chi connectivity index (χ3n) is 8.52. The molecule has 7 atom stereocenters. The Morgan fingerprint density at radius 3 is 2.40 bits per heavy atom. The zero-order valence-electron chi connectivity index (χ0n) is 23.5. The minimum atomic E-state index is -0.850. The van der Waals surface area contributed by atoms with Crippen molar-refractivity contribution in [3.05, 3.63) is 49.6 Å². The zero-order chi connectivity index (χ0) is 29.2. The van der Waals surface area contributed by atoms with E-state index in [2.05, 4.69) is 47.8 Å². The van der Waals surface area contributed by atoms with Gasteiger partial charge in [-0.3, -0.25) is 14.4 Å². The van der Waals surface area contributed by atoms with Gasteiger partial charge >= 0.3 is 5.97 Å². The van der Waals surface area contributed by atoms with E-state index in [-0.39, 0.29) is 41.6 Å². The van der Waals surface area contributed by atoms with Crippen molar-refractivity contribution < 1.29 is 24.2 Å². The maximum atomic E-state index is 14.7. The fourth-order valence-electron chi connectivity index (χ4n) is 6.69. The topological polar surface area (TPSA) is 90.4 Å². The van der Waals surface area contributed by atoms with Gasteiger partial charge in [0, 0.05) is 41.1 Å². The third kappa shape index (κ3) is 5.00. The van der Waals surface area contributed by atoms with E-state index in [1.165, 1.54) is 6.08 Å². The number of amides is 2. The number of alkyl halides is 1. The van der Waals surface area contributed by atoms with Gasteiger partial charge in [-0.15, -0.1) is 18.3 Å². The maximum absolute atomic E-state index is 14.7. The Morgan fingerprint density at radius 1 is 1.20 bits per heavy atom. The number of anilines is 2. The molecule has 2 bridgehead atoms. The first kappa shape index (κ1) is 30.7. The second-order valence-electron chi connectivity index (χ2n) is 10.5. The van der Waals surface area contributed by atoms with E-state index in [9.17, 15) is 19.5 Å². The van der Waals surface area contributed by atoms with Gasteiger partial charge in [-0.2, -0.15) is 0 Å². The number of halogens is 1. The lowest BCUT2D eigenvalue weighted by molar-refractivity contribution is -0.153. The Morgan fingerprint density at radius 2 is 1.85 bits per heavy atom. The SMILES string of the molecule is C=CCOC(=O)[C@H]1[C@@H]2SC3(CC2Br)C(C(=O)N(CC=C)c2ccc(N(CC)CC)cc2)N([C@@H](CC)CO)C(=O)[C@H]13. The number of hydrogen-bond donors (Lipinski definition) is 1. The summed E-state index contributed by atoms with van der Waals surface area (Å²) >= 11 is 5.32. The number of carbonyl (C=O) groups excluding carboxylic acids is 3. The van der Waals surface area contributed by atoms with Gasteiger partial charge in [0.2, 0.25) is 5.91 Å². The van der Waals surface area contributed by atoms with Crippen LogP contribution in [0.15, 0.2) is 49.6 Å². The molecule has 3 saturated heterocycles. The summed E-state index contributed by atoms with van der Waals surface area (Å²) in [5, 5.41) is 10.1. The molecular formula is C30H40BrN3O5S. The molecule has 0 saturated carbocycles. The van der Waals surface area contributed by atoms with E-state index in [1.54, 1.807) is 27.6 Å².